The van der Waals surface area contributed by atoms with Crippen LogP contribution in [0.5, 0.6) is 0 Å². The minimum absolute atomic E-state index is 0. The number of aryl methyl sites for hydroxylation is 1. The first-order valence-electron chi connectivity index (χ1n) is 7.93. The molecule has 0 bridgehead atoms. The maximum absolute atomic E-state index is 12.9. The highest BCUT2D eigenvalue weighted by molar-refractivity contribution is 6.30. The lowest BCUT2D eigenvalue weighted by Crippen LogP contribution is -2.50. The van der Waals surface area contributed by atoms with Gasteiger partial charge in [0.05, 0.1) is 18.1 Å². The summed E-state index contributed by atoms with van der Waals surface area (Å²) in [5, 5.41) is 7.34. The summed E-state index contributed by atoms with van der Waals surface area (Å²) in [7, 11) is 1.67. The number of piperidine rings is 1. The van der Waals surface area contributed by atoms with E-state index in [1.54, 1.807) is 7.11 Å². The van der Waals surface area contributed by atoms with Crippen molar-refractivity contribution in [2.75, 3.05) is 26.8 Å². The normalized spacial score (nSPS) is 22.1. The van der Waals surface area contributed by atoms with Crippen LogP contribution in [0, 0.1) is 5.41 Å². The highest BCUT2D eigenvalue weighted by atomic mass is 35.5. The number of carbonyl (C=O) groups excluding carboxylic acids is 1. The van der Waals surface area contributed by atoms with E-state index in [0.29, 0.717) is 6.61 Å². The van der Waals surface area contributed by atoms with Crippen LogP contribution in [0.15, 0.2) is 18.2 Å². The van der Waals surface area contributed by atoms with E-state index in [2.05, 4.69) is 10.6 Å². The second-order valence-electron chi connectivity index (χ2n) is 6.37. The van der Waals surface area contributed by atoms with Gasteiger partial charge in [-0.1, -0.05) is 17.7 Å². The zero-order valence-corrected chi connectivity index (χ0v) is 14.9. The van der Waals surface area contributed by atoms with Crippen LogP contribution < -0.4 is 10.6 Å². The molecule has 1 aromatic rings. The Labute approximate surface area is 148 Å². The second kappa shape index (κ2) is 7.84. The molecule has 2 aliphatic rings. The Balaban J connectivity index is 0.00000192. The van der Waals surface area contributed by atoms with E-state index in [9.17, 15) is 4.79 Å². The van der Waals surface area contributed by atoms with Gasteiger partial charge in [-0.25, -0.2) is 0 Å². The average Bonchev–Trinajstić information content (AvgIpc) is 2.90. The molecule has 1 heterocycles. The summed E-state index contributed by atoms with van der Waals surface area (Å²) >= 11 is 6.05. The van der Waals surface area contributed by atoms with E-state index in [0.717, 1.165) is 43.8 Å². The molecule has 23 heavy (non-hydrogen) atoms. The van der Waals surface area contributed by atoms with Gasteiger partial charge >= 0.3 is 0 Å². The molecule has 1 amide bonds. The SMILES string of the molecule is COCC1(C(=O)NC2CCc3cc(Cl)ccc32)CCNCC1.Cl. The minimum atomic E-state index is -0.394. The minimum Gasteiger partial charge on any atom is -0.384 e. The summed E-state index contributed by atoms with van der Waals surface area (Å²) < 4.78 is 5.35. The van der Waals surface area contributed by atoms with E-state index in [1.807, 2.05) is 18.2 Å². The zero-order chi connectivity index (χ0) is 15.6. The van der Waals surface area contributed by atoms with Crippen molar-refractivity contribution in [1.29, 1.82) is 0 Å². The van der Waals surface area contributed by atoms with Crippen LogP contribution >= 0.6 is 24.0 Å². The fourth-order valence-corrected chi connectivity index (χ4v) is 3.86. The van der Waals surface area contributed by atoms with E-state index in [-0.39, 0.29) is 24.4 Å². The Hall–Kier alpha value is -0.810. The third-order valence-electron chi connectivity index (χ3n) is 4.95. The van der Waals surface area contributed by atoms with Crippen molar-refractivity contribution in [1.82, 2.24) is 10.6 Å². The first-order valence-corrected chi connectivity index (χ1v) is 8.31. The third kappa shape index (κ3) is 3.82. The summed E-state index contributed by atoms with van der Waals surface area (Å²) in [5.41, 5.74) is 2.07. The van der Waals surface area contributed by atoms with E-state index >= 15 is 0 Å². The van der Waals surface area contributed by atoms with Gasteiger partial charge in [-0.15, -0.1) is 12.4 Å². The molecular weight excluding hydrogens is 335 g/mol. The maximum atomic E-state index is 12.9. The Morgan fingerprint density at radius 3 is 2.87 bits per heavy atom. The second-order valence-corrected chi connectivity index (χ2v) is 6.81. The summed E-state index contributed by atoms with van der Waals surface area (Å²) in [4.78, 5) is 12.9. The molecule has 128 valence electrons. The van der Waals surface area contributed by atoms with Crippen molar-refractivity contribution < 1.29 is 9.53 Å². The molecule has 3 rings (SSSR count). The van der Waals surface area contributed by atoms with Crippen molar-refractivity contribution in [3.63, 3.8) is 0 Å². The van der Waals surface area contributed by atoms with Gasteiger partial charge in [0.2, 0.25) is 5.91 Å². The number of amides is 1. The predicted molar refractivity (Wildman–Crippen MR) is 94.3 cm³/mol. The molecule has 4 nitrogen and oxygen atoms in total. The highest BCUT2D eigenvalue weighted by Crippen LogP contribution is 2.35. The largest absolute Gasteiger partial charge is 0.384 e. The predicted octanol–water partition coefficient (Wildman–Crippen LogP) is 2.88. The molecule has 6 heteroatoms. The van der Waals surface area contributed by atoms with Gasteiger partial charge in [0.1, 0.15) is 0 Å². The van der Waals surface area contributed by atoms with Crippen LogP contribution in [0.25, 0.3) is 0 Å². The molecule has 0 saturated carbocycles. The summed E-state index contributed by atoms with van der Waals surface area (Å²) in [5.74, 6) is 0.128. The van der Waals surface area contributed by atoms with Crippen LogP contribution in [0.1, 0.15) is 36.4 Å². The molecule has 1 aromatic carbocycles. The van der Waals surface area contributed by atoms with Crippen LogP contribution in [0.4, 0.5) is 0 Å². The number of methoxy groups -OCH3 is 1. The van der Waals surface area contributed by atoms with E-state index in [1.165, 1.54) is 11.1 Å². The smallest absolute Gasteiger partial charge is 0.229 e. The van der Waals surface area contributed by atoms with Gasteiger partial charge in [-0.05, 0) is 62.0 Å². The van der Waals surface area contributed by atoms with E-state index in [4.69, 9.17) is 16.3 Å². The lowest BCUT2D eigenvalue weighted by molar-refractivity contribution is -0.137. The Bertz CT molecular complexity index is 554. The molecule has 1 aliphatic heterocycles. The first-order chi connectivity index (χ1) is 10.6. The van der Waals surface area contributed by atoms with Gasteiger partial charge in [-0.2, -0.15) is 0 Å². The van der Waals surface area contributed by atoms with Gasteiger partial charge in [0.25, 0.3) is 0 Å². The number of fused-ring (bicyclic) bond motifs is 1. The monoisotopic (exact) mass is 358 g/mol. The standard InChI is InChI=1S/C17H23ClN2O2.ClH/c1-22-11-17(6-8-19-9-7-17)16(21)20-15-5-2-12-10-13(18)3-4-14(12)15;/h3-4,10,15,19H,2,5-9,11H2,1H3,(H,20,21);1H. The number of benzene rings is 1. The lowest BCUT2D eigenvalue weighted by Gasteiger charge is -2.36. The molecule has 0 spiro atoms. The summed E-state index contributed by atoms with van der Waals surface area (Å²) in [6, 6.07) is 6.06. The number of carbonyl (C=O) groups is 1. The number of rotatable bonds is 4. The van der Waals surface area contributed by atoms with E-state index < -0.39 is 5.41 Å². The zero-order valence-electron chi connectivity index (χ0n) is 13.4. The third-order valence-corrected chi connectivity index (χ3v) is 5.19. The van der Waals surface area contributed by atoms with Crippen molar-refractivity contribution in [3.8, 4) is 0 Å². The van der Waals surface area contributed by atoms with Crippen LogP contribution in [0.3, 0.4) is 0 Å². The van der Waals surface area contributed by atoms with Gasteiger partial charge in [-0.3, -0.25) is 4.79 Å². The first kappa shape index (κ1) is 18.5. The van der Waals surface area contributed by atoms with Crippen LogP contribution in [-0.2, 0) is 16.0 Å². The van der Waals surface area contributed by atoms with Gasteiger partial charge in [0, 0.05) is 12.1 Å². The van der Waals surface area contributed by atoms with Crippen molar-refractivity contribution in [3.05, 3.63) is 34.3 Å². The molecule has 1 atom stereocenters. The molecule has 0 radical (unpaired) electrons. The number of halogens is 2. The van der Waals surface area contributed by atoms with Gasteiger partial charge < -0.3 is 15.4 Å². The average molecular weight is 359 g/mol. The molecule has 2 N–H and O–H groups in total. The molecule has 1 fully saturated rings. The van der Waals surface area contributed by atoms with Crippen molar-refractivity contribution in [2.45, 2.75) is 31.7 Å². The molecular formula is C17H24Cl2N2O2. The summed E-state index contributed by atoms with van der Waals surface area (Å²) in [6.45, 7) is 2.22. The summed E-state index contributed by atoms with van der Waals surface area (Å²) in [6.07, 6.45) is 3.57. The molecule has 1 unspecified atom stereocenters. The fraction of sp³-hybridized carbons (Fsp3) is 0.588. The Morgan fingerprint density at radius 2 is 2.17 bits per heavy atom. The fourth-order valence-electron chi connectivity index (χ4n) is 3.67. The number of ether oxygens (including phenoxy) is 1. The molecule has 0 aromatic heterocycles. The number of hydrogen-bond donors (Lipinski definition) is 2. The number of hydrogen-bond acceptors (Lipinski definition) is 3. The maximum Gasteiger partial charge on any atom is 0.229 e. The van der Waals surface area contributed by atoms with Crippen molar-refractivity contribution in [2.24, 2.45) is 5.41 Å². The Morgan fingerprint density at radius 1 is 1.43 bits per heavy atom. The number of nitrogens with one attached hydrogen (secondary N) is 2. The highest BCUT2D eigenvalue weighted by Gasteiger charge is 2.41. The topological polar surface area (TPSA) is 50.4 Å². The Kier molecular flexibility index (Phi) is 6.32. The quantitative estimate of drug-likeness (QED) is 0.869. The van der Waals surface area contributed by atoms with Crippen LogP contribution in [0.2, 0.25) is 5.02 Å². The van der Waals surface area contributed by atoms with Crippen molar-refractivity contribution >= 4 is 29.9 Å². The molecule has 1 aliphatic carbocycles. The lowest BCUT2D eigenvalue weighted by atomic mass is 9.78. The van der Waals surface area contributed by atoms with Crippen LogP contribution in [-0.4, -0.2) is 32.7 Å². The molecule has 1 saturated heterocycles. The van der Waals surface area contributed by atoms with Gasteiger partial charge in [0.15, 0.2) is 0 Å².